The number of aromatic nitrogens is 3. The van der Waals surface area contributed by atoms with Gasteiger partial charge >= 0.3 is 6.18 Å². The van der Waals surface area contributed by atoms with E-state index in [2.05, 4.69) is 15.2 Å². The molecule has 0 bridgehead atoms. The van der Waals surface area contributed by atoms with Crippen molar-refractivity contribution in [3.63, 3.8) is 0 Å². The number of fused-ring (bicyclic) bond motifs is 1. The third-order valence-electron chi connectivity index (χ3n) is 4.73. The van der Waals surface area contributed by atoms with Crippen LogP contribution in [-0.2, 0) is 12.8 Å². The van der Waals surface area contributed by atoms with E-state index in [1.165, 1.54) is 12.3 Å². The third kappa shape index (κ3) is 4.20. The lowest BCUT2D eigenvalue weighted by Gasteiger charge is -2.16. The second-order valence-corrected chi connectivity index (χ2v) is 6.70. The molecule has 0 aliphatic carbocycles. The maximum absolute atomic E-state index is 13.3. The summed E-state index contributed by atoms with van der Waals surface area (Å²) in [6, 6.07) is 12.0. The van der Waals surface area contributed by atoms with Gasteiger partial charge in [-0.3, -0.25) is 4.98 Å². The number of ether oxygens (including phenoxy) is 2. The molecule has 31 heavy (non-hydrogen) atoms. The van der Waals surface area contributed by atoms with Crippen molar-refractivity contribution in [2.24, 2.45) is 0 Å². The topological polar surface area (TPSA) is 83.2 Å². The third-order valence-corrected chi connectivity index (χ3v) is 4.73. The fourth-order valence-corrected chi connectivity index (χ4v) is 3.11. The lowest BCUT2D eigenvalue weighted by molar-refractivity contribution is -0.137. The van der Waals surface area contributed by atoms with Gasteiger partial charge in [0.1, 0.15) is 23.8 Å². The Morgan fingerprint density at radius 3 is 2.45 bits per heavy atom. The average Bonchev–Trinajstić information content (AvgIpc) is 2.78. The molecule has 0 fully saturated rings. The predicted molar refractivity (Wildman–Crippen MR) is 110 cm³/mol. The molecule has 0 unspecified atom stereocenters. The number of benzene rings is 2. The molecular weight excluding hydrogens is 409 g/mol. The summed E-state index contributed by atoms with van der Waals surface area (Å²) in [6.45, 7) is 0.0557. The van der Waals surface area contributed by atoms with Gasteiger partial charge in [-0.1, -0.05) is 12.1 Å². The molecule has 0 spiro atoms. The van der Waals surface area contributed by atoms with Crippen molar-refractivity contribution in [3.8, 4) is 22.8 Å². The summed E-state index contributed by atoms with van der Waals surface area (Å²) in [4.78, 5) is 4.03. The minimum atomic E-state index is -4.52. The van der Waals surface area contributed by atoms with E-state index in [-0.39, 0.29) is 18.2 Å². The fourth-order valence-electron chi connectivity index (χ4n) is 3.11. The van der Waals surface area contributed by atoms with Crippen molar-refractivity contribution < 1.29 is 22.6 Å². The van der Waals surface area contributed by atoms with E-state index in [1.807, 2.05) is 0 Å². The minimum Gasteiger partial charge on any atom is -0.497 e. The van der Waals surface area contributed by atoms with E-state index >= 15 is 0 Å². The van der Waals surface area contributed by atoms with Crippen LogP contribution in [0.25, 0.3) is 22.0 Å². The normalized spacial score (nSPS) is 11.5. The number of alkyl halides is 3. The highest BCUT2D eigenvalue weighted by Crippen LogP contribution is 2.39. The van der Waals surface area contributed by atoms with Gasteiger partial charge in [-0.05, 0) is 42.0 Å². The van der Waals surface area contributed by atoms with Crippen molar-refractivity contribution >= 4 is 16.6 Å². The first-order chi connectivity index (χ1) is 14.9. The molecule has 2 N–H and O–H groups in total. The molecule has 0 saturated carbocycles. The second kappa shape index (κ2) is 8.10. The van der Waals surface area contributed by atoms with E-state index in [1.54, 1.807) is 43.6 Å². The van der Waals surface area contributed by atoms with Crippen LogP contribution in [0.5, 0.6) is 11.5 Å². The lowest BCUT2D eigenvalue weighted by atomic mass is 10.0. The van der Waals surface area contributed by atoms with Gasteiger partial charge in [0, 0.05) is 28.7 Å². The van der Waals surface area contributed by atoms with E-state index in [0.29, 0.717) is 27.8 Å². The number of nitrogens with two attached hydrogens (primary N) is 1. The Bertz CT molecular complexity index is 1230. The van der Waals surface area contributed by atoms with Crippen LogP contribution < -0.4 is 15.2 Å². The first-order valence-corrected chi connectivity index (χ1v) is 9.20. The standard InChI is InChI=1S/C22H17F3N4O2/c1-30-15-5-2-13(3-6-15)12-31-19-10-14(22(23,24)25)4-7-17(19)20-16-8-9-27-11-18(16)21(26)29-28-20/h2-11H,12H2,1H3,(H2,26,29). The first-order valence-electron chi connectivity index (χ1n) is 9.20. The summed E-state index contributed by atoms with van der Waals surface area (Å²) in [5.41, 5.74) is 6.54. The molecule has 2 aromatic heterocycles. The van der Waals surface area contributed by atoms with Crippen LogP contribution in [0.2, 0.25) is 0 Å². The smallest absolute Gasteiger partial charge is 0.416 e. The van der Waals surface area contributed by atoms with Crippen LogP contribution >= 0.6 is 0 Å². The highest BCUT2D eigenvalue weighted by atomic mass is 19.4. The molecule has 4 rings (SSSR count). The van der Waals surface area contributed by atoms with E-state index in [9.17, 15) is 13.2 Å². The van der Waals surface area contributed by atoms with Crippen LogP contribution in [0.15, 0.2) is 60.9 Å². The Kier molecular flexibility index (Phi) is 5.33. The second-order valence-electron chi connectivity index (χ2n) is 6.70. The van der Waals surface area contributed by atoms with Crippen molar-refractivity contribution in [1.82, 2.24) is 15.2 Å². The molecule has 0 radical (unpaired) electrons. The summed E-state index contributed by atoms with van der Waals surface area (Å²) in [5, 5.41) is 9.21. The number of rotatable bonds is 5. The predicted octanol–water partition coefficient (Wildman–Crippen LogP) is 4.88. The molecule has 0 aliphatic rings. The van der Waals surface area contributed by atoms with Gasteiger partial charge in [-0.25, -0.2) is 0 Å². The summed E-state index contributed by atoms with van der Waals surface area (Å²) in [6.07, 6.45) is -1.44. The maximum atomic E-state index is 13.3. The molecule has 2 heterocycles. The molecule has 0 amide bonds. The number of hydrogen-bond acceptors (Lipinski definition) is 6. The van der Waals surface area contributed by atoms with Gasteiger partial charge in [0.05, 0.1) is 12.7 Å². The highest BCUT2D eigenvalue weighted by molar-refractivity contribution is 5.99. The first kappa shape index (κ1) is 20.4. The fraction of sp³-hybridized carbons (Fsp3) is 0.136. The zero-order valence-corrected chi connectivity index (χ0v) is 16.3. The van der Waals surface area contributed by atoms with E-state index < -0.39 is 11.7 Å². The Balaban J connectivity index is 1.78. The number of hydrogen-bond donors (Lipinski definition) is 1. The molecule has 4 aromatic rings. The van der Waals surface area contributed by atoms with E-state index in [4.69, 9.17) is 15.2 Å². The zero-order chi connectivity index (χ0) is 22.0. The van der Waals surface area contributed by atoms with Crippen molar-refractivity contribution in [3.05, 3.63) is 72.1 Å². The summed E-state index contributed by atoms with van der Waals surface area (Å²) in [7, 11) is 1.55. The number of anilines is 1. The average molecular weight is 426 g/mol. The molecule has 0 saturated heterocycles. The number of pyridine rings is 1. The summed E-state index contributed by atoms with van der Waals surface area (Å²) >= 11 is 0. The van der Waals surface area contributed by atoms with Crippen molar-refractivity contribution in [1.29, 1.82) is 0 Å². The lowest BCUT2D eigenvalue weighted by Crippen LogP contribution is -2.07. The van der Waals surface area contributed by atoms with Crippen LogP contribution in [0, 0.1) is 0 Å². The Morgan fingerprint density at radius 1 is 0.968 bits per heavy atom. The maximum Gasteiger partial charge on any atom is 0.416 e. The van der Waals surface area contributed by atoms with Gasteiger partial charge < -0.3 is 15.2 Å². The Morgan fingerprint density at radius 2 is 1.74 bits per heavy atom. The Hall–Kier alpha value is -3.88. The molecular formula is C22H17F3N4O2. The quantitative estimate of drug-likeness (QED) is 0.490. The largest absolute Gasteiger partial charge is 0.497 e. The van der Waals surface area contributed by atoms with Gasteiger partial charge in [0.15, 0.2) is 5.82 Å². The molecule has 158 valence electrons. The van der Waals surface area contributed by atoms with Gasteiger partial charge in [0.25, 0.3) is 0 Å². The van der Waals surface area contributed by atoms with Gasteiger partial charge in [-0.15, -0.1) is 10.2 Å². The van der Waals surface area contributed by atoms with E-state index in [0.717, 1.165) is 17.7 Å². The van der Waals surface area contributed by atoms with Crippen LogP contribution in [0.1, 0.15) is 11.1 Å². The van der Waals surface area contributed by atoms with Crippen LogP contribution in [0.4, 0.5) is 19.0 Å². The van der Waals surface area contributed by atoms with Crippen LogP contribution in [0.3, 0.4) is 0 Å². The molecule has 2 aromatic carbocycles. The number of methoxy groups -OCH3 is 1. The summed E-state index contributed by atoms with van der Waals surface area (Å²) in [5.74, 6) is 0.878. The van der Waals surface area contributed by atoms with Gasteiger partial charge in [-0.2, -0.15) is 13.2 Å². The molecule has 0 aliphatic heterocycles. The van der Waals surface area contributed by atoms with Crippen molar-refractivity contribution in [2.45, 2.75) is 12.8 Å². The monoisotopic (exact) mass is 426 g/mol. The molecule has 0 atom stereocenters. The summed E-state index contributed by atoms with van der Waals surface area (Å²) < 4.78 is 50.9. The number of halogens is 3. The molecule has 6 nitrogen and oxygen atoms in total. The zero-order valence-electron chi connectivity index (χ0n) is 16.3. The number of nitrogens with zero attached hydrogens (tertiary/aromatic N) is 3. The number of nitrogen functional groups attached to an aromatic ring is 1. The Labute approximate surface area is 175 Å². The highest BCUT2D eigenvalue weighted by Gasteiger charge is 2.31. The van der Waals surface area contributed by atoms with Gasteiger partial charge in [0.2, 0.25) is 0 Å². The van der Waals surface area contributed by atoms with Crippen LogP contribution in [-0.4, -0.2) is 22.3 Å². The SMILES string of the molecule is COc1ccc(COc2cc(C(F)(F)F)ccc2-c2nnc(N)c3cnccc23)cc1. The molecule has 9 heteroatoms. The van der Waals surface area contributed by atoms with Crippen molar-refractivity contribution in [2.75, 3.05) is 12.8 Å². The minimum absolute atomic E-state index is 0.0304.